The highest BCUT2D eigenvalue weighted by Crippen LogP contribution is 2.16. The predicted molar refractivity (Wildman–Crippen MR) is 99.8 cm³/mol. The van der Waals surface area contributed by atoms with Gasteiger partial charge in [-0.25, -0.2) is 13.4 Å². The third-order valence-electron chi connectivity index (χ3n) is 2.69. The number of aromatic nitrogens is 1. The number of halogens is 1. The van der Waals surface area contributed by atoms with Crippen molar-refractivity contribution in [1.29, 1.82) is 0 Å². The van der Waals surface area contributed by atoms with E-state index in [1.165, 1.54) is 11.1 Å². The average molecular weight is 446 g/mol. The predicted octanol–water partition coefficient (Wildman–Crippen LogP) is 1.13. The summed E-state index contributed by atoms with van der Waals surface area (Å²) in [5.41, 5.74) is 1.08. The summed E-state index contributed by atoms with van der Waals surface area (Å²) in [6.45, 7) is 5.14. The van der Waals surface area contributed by atoms with Crippen molar-refractivity contribution < 1.29 is 8.42 Å². The second kappa shape index (κ2) is 9.57. The Morgan fingerprint density at radius 1 is 1.29 bits per heavy atom. The molecule has 0 saturated carbocycles. The molecule has 0 saturated heterocycles. The van der Waals surface area contributed by atoms with E-state index < -0.39 is 9.84 Å². The Bertz CT molecular complexity index is 550. The Morgan fingerprint density at radius 3 is 2.38 bits per heavy atom. The summed E-state index contributed by atoms with van der Waals surface area (Å²) in [5.74, 6) is 0.706. The van der Waals surface area contributed by atoms with Crippen molar-refractivity contribution in [3.8, 4) is 0 Å². The summed E-state index contributed by atoms with van der Waals surface area (Å²) in [5, 5.41) is 7.21. The van der Waals surface area contributed by atoms with Gasteiger partial charge in [-0.05, 0) is 13.8 Å². The van der Waals surface area contributed by atoms with E-state index in [1.807, 2.05) is 6.92 Å². The molecule has 1 heterocycles. The van der Waals surface area contributed by atoms with Crippen LogP contribution >= 0.6 is 35.3 Å². The van der Waals surface area contributed by atoms with Crippen LogP contribution in [0.5, 0.6) is 0 Å². The molecule has 6 nitrogen and oxygen atoms in total. The molecular weight excluding hydrogens is 423 g/mol. The van der Waals surface area contributed by atoms with Crippen molar-refractivity contribution in [3.63, 3.8) is 0 Å². The van der Waals surface area contributed by atoms with Gasteiger partial charge in [-0.1, -0.05) is 0 Å². The number of guanidine groups is 1. The zero-order valence-corrected chi connectivity index (χ0v) is 16.7. The summed E-state index contributed by atoms with van der Waals surface area (Å²) in [6.07, 6.45) is 2.05. The standard InChI is InChI=1S/C12H22N4O2S2.HI/c1-9-10(2)19-11(16-9)5-6-14-12(13-3)15-7-8-20(4,17)18;/h5-8H2,1-4H3,(H2,13,14,15);1H. The molecule has 1 rings (SSSR count). The Labute approximate surface area is 147 Å². The fourth-order valence-corrected chi connectivity index (χ4v) is 2.92. The lowest BCUT2D eigenvalue weighted by Crippen LogP contribution is -2.40. The maximum absolute atomic E-state index is 11.0. The Morgan fingerprint density at radius 2 is 1.90 bits per heavy atom. The van der Waals surface area contributed by atoms with Gasteiger partial charge in [0.2, 0.25) is 0 Å². The smallest absolute Gasteiger partial charge is 0.191 e. The number of thiazole rings is 1. The van der Waals surface area contributed by atoms with Gasteiger partial charge in [-0.2, -0.15) is 0 Å². The molecular formula is C12H23IN4O2S2. The van der Waals surface area contributed by atoms with E-state index in [-0.39, 0.29) is 29.7 Å². The first-order valence-corrected chi connectivity index (χ1v) is 9.24. The van der Waals surface area contributed by atoms with Crippen molar-refractivity contribution >= 4 is 51.1 Å². The summed E-state index contributed by atoms with van der Waals surface area (Å²) in [7, 11) is -1.29. The quantitative estimate of drug-likeness (QED) is 0.389. The lowest BCUT2D eigenvalue weighted by Gasteiger charge is -2.10. The fourth-order valence-electron chi connectivity index (χ4n) is 1.51. The van der Waals surface area contributed by atoms with E-state index in [9.17, 15) is 8.42 Å². The van der Waals surface area contributed by atoms with Crippen LogP contribution < -0.4 is 10.6 Å². The van der Waals surface area contributed by atoms with E-state index in [0.29, 0.717) is 19.0 Å². The molecule has 0 atom stereocenters. The number of hydrogen-bond donors (Lipinski definition) is 2. The molecule has 0 unspecified atom stereocenters. The molecule has 0 aromatic carbocycles. The van der Waals surface area contributed by atoms with Crippen LogP contribution in [0.15, 0.2) is 4.99 Å². The molecule has 0 aliphatic rings. The monoisotopic (exact) mass is 446 g/mol. The zero-order valence-electron chi connectivity index (χ0n) is 12.8. The van der Waals surface area contributed by atoms with Crippen molar-refractivity contribution in [1.82, 2.24) is 15.6 Å². The molecule has 0 spiro atoms. The summed E-state index contributed by atoms with van der Waals surface area (Å²) < 4.78 is 22.1. The molecule has 21 heavy (non-hydrogen) atoms. The summed E-state index contributed by atoms with van der Waals surface area (Å²) in [6, 6.07) is 0. The van der Waals surface area contributed by atoms with Gasteiger partial charge < -0.3 is 10.6 Å². The van der Waals surface area contributed by atoms with Crippen LogP contribution in [0, 0.1) is 13.8 Å². The van der Waals surface area contributed by atoms with E-state index in [2.05, 4.69) is 27.5 Å². The second-order valence-electron chi connectivity index (χ2n) is 4.55. The number of aliphatic imine (C=N–C) groups is 1. The van der Waals surface area contributed by atoms with Crippen LogP contribution in [0.4, 0.5) is 0 Å². The normalized spacial score (nSPS) is 11.9. The molecule has 9 heteroatoms. The molecule has 0 radical (unpaired) electrons. The van der Waals surface area contributed by atoms with Gasteiger partial charge in [0.25, 0.3) is 0 Å². The van der Waals surface area contributed by atoms with E-state index >= 15 is 0 Å². The van der Waals surface area contributed by atoms with Gasteiger partial charge in [-0.15, -0.1) is 35.3 Å². The molecule has 122 valence electrons. The first-order valence-electron chi connectivity index (χ1n) is 6.37. The molecule has 0 aliphatic carbocycles. The van der Waals surface area contributed by atoms with Crippen LogP contribution in [0.3, 0.4) is 0 Å². The fraction of sp³-hybridized carbons (Fsp3) is 0.667. The van der Waals surface area contributed by atoms with E-state index in [4.69, 9.17) is 0 Å². The molecule has 0 aliphatic heterocycles. The Balaban J connectivity index is 0.00000400. The molecule has 0 amide bonds. The van der Waals surface area contributed by atoms with E-state index in [0.717, 1.165) is 17.1 Å². The van der Waals surface area contributed by atoms with Crippen LogP contribution in [0.2, 0.25) is 0 Å². The van der Waals surface area contributed by atoms with E-state index in [1.54, 1.807) is 18.4 Å². The average Bonchev–Trinajstić information content (AvgIpc) is 2.65. The molecule has 2 N–H and O–H groups in total. The van der Waals surface area contributed by atoms with Crippen LogP contribution in [0.1, 0.15) is 15.6 Å². The van der Waals surface area contributed by atoms with Gasteiger partial charge in [0.05, 0.1) is 16.5 Å². The minimum Gasteiger partial charge on any atom is -0.356 e. The lowest BCUT2D eigenvalue weighted by atomic mass is 10.4. The van der Waals surface area contributed by atoms with Crippen molar-refractivity contribution in [3.05, 3.63) is 15.6 Å². The highest BCUT2D eigenvalue weighted by atomic mass is 127. The van der Waals surface area contributed by atoms with Gasteiger partial charge in [0.15, 0.2) is 5.96 Å². The molecule has 0 fully saturated rings. The summed E-state index contributed by atoms with van der Waals surface area (Å²) in [4.78, 5) is 9.76. The van der Waals surface area contributed by atoms with Crippen LogP contribution in [-0.4, -0.2) is 51.5 Å². The van der Waals surface area contributed by atoms with Crippen molar-refractivity contribution in [2.75, 3.05) is 32.1 Å². The van der Waals surface area contributed by atoms with Gasteiger partial charge in [0, 0.05) is 37.7 Å². The Kier molecular flexibility index (Phi) is 9.38. The molecule has 0 bridgehead atoms. The Hall–Kier alpha value is -0.420. The largest absolute Gasteiger partial charge is 0.356 e. The first-order chi connectivity index (χ1) is 9.31. The third-order valence-corrected chi connectivity index (χ3v) is 4.77. The van der Waals surface area contributed by atoms with Crippen molar-refractivity contribution in [2.24, 2.45) is 4.99 Å². The minimum atomic E-state index is -2.95. The van der Waals surface area contributed by atoms with Crippen molar-refractivity contribution in [2.45, 2.75) is 20.3 Å². The maximum Gasteiger partial charge on any atom is 0.191 e. The topological polar surface area (TPSA) is 83.4 Å². The lowest BCUT2D eigenvalue weighted by molar-refractivity contribution is 0.600. The number of rotatable bonds is 6. The number of sulfone groups is 1. The van der Waals surface area contributed by atoms with Crippen LogP contribution in [-0.2, 0) is 16.3 Å². The molecule has 1 aromatic rings. The first kappa shape index (κ1) is 20.6. The zero-order chi connectivity index (χ0) is 15.2. The number of aryl methyl sites for hydroxylation is 2. The highest BCUT2D eigenvalue weighted by Gasteiger charge is 2.05. The second-order valence-corrected chi connectivity index (χ2v) is 8.10. The number of nitrogens with one attached hydrogen (secondary N) is 2. The van der Waals surface area contributed by atoms with Crippen LogP contribution in [0.25, 0.3) is 0 Å². The minimum absolute atomic E-state index is 0. The van der Waals surface area contributed by atoms with Gasteiger partial charge >= 0.3 is 0 Å². The molecule has 1 aromatic heterocycles. The van der Waals surface area contributed by atoms with Gasteiger partial charge in [-0.3, -0.25) is 4.99 Å². The van der Waals surface area contributed by atoms with Gasteiger partial charge in [0.1, 0.15) is 9.84 Å². The maximum atomic E-state index is 11.0. The number of hydrogen-bond acceptors (Lipinski definition) is 5. The third kappa shape index (κ3) is 8.57. The summed E-state index contributed by atoms with van der Waals surface area (Å²) >= 11 is 1.70. The SMILES string of the molecule is CN=C(NCCc1nc(C)c(C)s1)NCCS(C)(=O)=O.I. The highest BCUT2D eigenvalue weighted by molar-refractivity contribution is 14.0. The number of nitrogens with zero attached hydrogens (tertiary/aromatic N) is 2.